The fourth-order valence-electron chi connectivity index (χ4n) is 2.25. The Bertz CT molecular complexity index is 346. The number of halogens is 1. The molecular weight excluding hydrogens is 264 g/mol. The van der Waals surface area contributed by atoms with Crippen LogP contribution in [0.1, 0.15) is 37.7 Å². The maximum atomic E-state index is 5.76. The molecule has 0 aliphatic heterocycles. The first kappa shape index (κ1) is 11.9. The fourth-order valence-corrected chi connectivity index (χ4v) is 2.68. The first-order chi connectivity index (χ1) is 7.75. The highest BCUT2D eigenvalue weighted by atomic mass is 79.9. The van der Waals surface area contributed by atoms with E-state index >= 15 is 0 Å². The van der Waals surface area contributed by atoms with Crippen molar-refractivity contribution < 1.29 is 0 Å². The van der Waals surface area contributed by atoms with E-state index in [1.807, 2.05) is 6.07 Å². The predicted molar refractivity (Wildman–Crippen MR) is 72.3 cm³/mol. The largest absolute Gasteiger partial charge is 0.398 e. The van der Waals surface area contributed by atoms with Gasteiger partial charge < -0.3 is 11.1 Å². The molecule has 0 atom stereocenters. The Kier molecular flexibility index (Phi) is 4.24. The van der Waals surface area contributed by atoms with Crippen molar-refractivity contribution in [2.75, 3.05) is 5.73 Å². The second kappa shape index (κ2) is 5.69. The second-order valence-electron chi connectivity index (χ2n) is 4.57. The summed E-state index contributed by atoms with van der Waals surface area (Å²) in [6.07, 6.45) is 6.82. The zero-order valence-electron chi connectivity index (χ0n) is 9.51. The summed E-state index contributed by atoms with van der Waals surface area (Å²) in [5, 5.41) is 3.62. The Balaban J connectivity index is 1.86. The molecule has 2 nitrogen and oxygen atoms in total. The van der Waals surface area contributed by atoms with Gasteiger partial charge >= 0.3 is 0 Å². The van der Waals surface area contributed by atoms with Gasteiger partial charge in [-0.25, -0.2) is 0 Å². The van der Waals surface area contributed by atoms with E-state index in [2.05, 4.69) is 33.4 Å². The summed E-state index contributed by atoms with van der Waals surface area (Å²) in [6, 6.07) is 6.87. The lowest BCUT2D eigenvalue weighted by atomic mass is 9.95. The van der Waals surface area contributed by atoms with E-state index in [0.29, 0.717) is 6.04 Å². The highest BCUT2D eigenvalue weighted by Gasteiger charge is 2.12. The fraction of sp³-hybridized carbons (Fsp3) is 0.538. The van der Waals surface area contributed by atoms with Crippen molar-refractivity contribution >= 4 is 21.6 Å². The number of benzene rings is 1. The molecule has 3 N–H and O–H groups in total. The van der Waals surface area contributed by atoms with Crippen LogP contribution < -0.4 is 11.1 Å². The van der Waals surface area contributed by atoms with Crippen molar-refractivity contribution in [3.05, 3.63) is 28.2 Å². The van der Waals surface area contributed by atoms with Crippen molar-refractivity contribution in [3.8, 4) is 0 Å². The van der Waals surface area contributed by atoms with Crippen LogP contribution in [0.25, 0.3) is 0 Å². The third-order valence-corrected chi connectivity index (χ3v) is 3.95. The average molecular weight is 283 g/mol. The monoisotopic (exact) mass is 282 g/mol. The van der Waals surface area contributed by atoms with Crippen molar-refractivity contribution in [1.82, 2.24) is 5.32 Å². The molecule has 1 aliphatic carbocycles. The minimum atomic E-state index is 0.713. The molecule has 1 saturated carbocycles. The first-order valence-corrected chi connectivity index (χ1v) is 6.82. The van der Waals surface area contributed by atoms with Gasteiger partial charge in [-0.15, -0.1) is 0 Å². The van der Waals surface area contributed by atoms with Gasteiger partial charge in [-0.05, 0) is 46.5 Å². The van der Waals surface area contributed by atoms with Gasteiger partial charge in [0.05, 0.1) is 0 Å². The molecule has 16 heavy (non-hydrogen) atoms. The number of nitrogens with two attached hydrogens (primary N) is 1. The van der Waals surface area contributed by atoms with Gasteiger partial charge in [-0.1, -0.05) is 25.3 Å². The van der Waals surface area contributed by atoms with Gasteiger partial charge in [0.25, 0.3) is 0 Å². The van der Waals surface area contributed by atoms with E-state index in [1.165, 1.54) is 37.7 Å². The van der Waals surface area contributed by atoms with Gasteiger partial charge in [-0.2, -0.15) is 0 Å². The van der Waals surface area contributed by atoms with Crippen LogP contribution >= 0.6 is 15.9 Å². The molecule has 0 unspecified atom stereocenters. The average Bonchev–Trinajstić information content (AvgIpc) is 2.32. The van der Waals surface area contributed by atoms with Gasteiger partial charge in [0.1, 0.15) is 0 Å². The highest BCUT2D eigenvalue weighted by molar-refractivity contribution is 9.10. The summed E-state index contributed by atoms with van der Waals surface area (Å²) < 4.78 is 0.996. The SMILES string of the molecule is Nc1ccc(CNC2CCCCC2)cc1Br. The molecule has 0 radical (unpaired) electrons. The number of rotatable bonds is 3. The Morgan fingerprint density at radius 3 is 2.69 bits per heavy atom. The van der Waals surface area contributed by atoms with Crippen LogP contribution in [-0.4, -0.2) is 6.04 Å². The molecule has 0 bridgehead atoms. The maximum absolute atomic E-state index is 5.76. The van der Waals surface area contributed by atoms with Crippen LogP contribution in [0.3, 0.4) is 0 Å². The normalized spacial score (nSPS) is 17.6. The van der Waals surface area contributed by atoms with E-state index in [-0.39, 0.29) is 0 Å². The van der Waals surface area contributed by atoms with Gasteiger partial charge in [0.15, 0.2) is 0 Å². The van der Waals surface area contributed by atoms with Crippen molar-refractivity contribution in [2.45, 2.75) is 44.7 Å². The van der Waals surface area contributed by atoms with Crippen LogP contribution in [0, 0.1) is 0 Å². The smallest absolute Gasteiger partial charge is 0.0458 e. The van der Waals surface area contributed by atoms with E-state index in [4.69, 9.17) is 5.73 Å². The highest BCUT2D eigenvalue weighted by Crippen LogP contribution is 2.21. The Morgan fingerprint density at radius 2 is 2.00 bits per heavy atom. The minimum absolute atomic E-state index is 0.713. The third-order valence-electron chi connectivity index (χ3n) is 3.26. The lowest BCUT2D eigenvalue weighted by Crippen LogP contribution is -2.30. The Morgan fingerprint density at radius 1 is 1.25 bits per heavy atom. The molecule has 0 spiro atoms. The summed E-state index contributed by atoms with van der Waals surface area (Å²) in [6.45, 7) is 0.948. The lowest BCUT2D eigenvalue weighted by Gasteiger charge is -2.22. The molecule has 88 valence electrons. The number of nitrogen functional groups attached to an aromatic ring is 1. The molecule has 0 aromatic heterocycles. The molecule has 1 fully saturated rings. The molecule has 1 aromatic carbocycles. The van der Waals surface area contributed by atoms with Crippen molar-refractivity contribution in [1.29, 1.82) is 0 Å². The summed E-state index contributed by atoms with van der Waals surface area (Å²) in [4.78, 5) is 0. The number of anilines is 1. The standard InChI is InChI=1S/C13H19BrN2/c14-12-8-10(6-7-13(12)15)9-16-11-4-2-1-3-5-11/h6-8,11,16H,1-5,9,15H2. The van der Waals surface area contributed by atoms with Crippen LogP contribution in [0.15, 0.2) is 22.7 Å². The number of nitrogens with one attached hydrogen (secondary N) is 1. The van der Waals surface area contributed by atoms with E-state index in [9.17, 15) is 0 Å². The summed E-state index contributed by atoms with van der Waals surface area (Å²) in [7, 11) is 0. The molecule has 0 saturated heterocycles. The summed E-state index contributed by atoms with van der Waals surface area (Å²) in [5.74, 6) is 0. The molecule has 3 heteroatoms. The Hall–Kier alpha value is -0.540. The van der Waals surface area contributed by atoms with Crippen LogP contribution in [0.5, 0.6) is 0 Å². The molecule has 0 amide bonds. The van der Waals surface area contributed by atoms with Crippen molar-refractivity contribution in [3.63, 3.8) is 0 Å². The van der Waals surface area contributed by atoms with Crippen LogP contribution in [0.2, 0.25) is 0 Å². The van der Waals surface area contributed by atoms with Gasteiger partial charge in [-0.3, -0.25) is 0 Å². The molecular formula is C13H19BrN2. The molecule has 1 aliphatic rings. The van der Waals surface area contributed by atoms with E-state index in [1.54, 1.807) is 0 Å². The first-order valence-electron chi connectivity index (χ1n) is 6.03. The second-order valence-corrected chi connectivity index (χ2v) is 5.43. The van der Waals surface area contributed by atoms with Gasteiger partial charge in [0, 0.05) is 22.7 Å². The molecule has 1 aromatic rings. The van der Waals surface area contributed by atoms with E-state index < -0.39 is 0 Å². The zero-order chi connectivity index (χ0) is 11.4. The molecule has 2 rings (SSSR count). The minimum Gasteiger partial charge on any atom is -0.398 e. The lowest BCUT2D eigenvalue weighted by molar-refractivity contribution is 0.372. The Labute approximate surface area is 106 Å². The quantitative estimate of drug-likeness (QED) is 0.834. The third kappa shape index (κ3) is 3.22. The number of hydrogen-bond donors (Lipinski definition) is 2. The number of hydrogen-bond acceptors (Lipinski definition) is 2. The predicted octanol–water partition coefficient (Wildman–Crippen LogP) is 3.45. The van der Waals surface area contributed by atoms with Crippen molar-refractivity contribution in [2.24, 2.45) is 0 Å². The topological polar surface area (TPSA) is 38.0 Å². The summed E-state index contributed by atoms with van der Waals surface area (Å²) in [5.41, 5.74) is 7.87. The van der Waals surface area contributed by atoms with Crippen LogP contribution in [-0.2, 0) is 6.54 Å². The summed E-state index contributed by atoms with van der Waals surface area (Å²) >= 11 is 3.46. The van der Waals surface area contributed by atoms with E-state index in [0.717, 1.165) is 16.7 Å². The maximum Gasteiger partial charge on any atom is 0.0458 e. The van der Waals surface area contributed by atoms with Gasteiger partial charge in [0.2, 0.25) is 0 Å². The molecule has 0 heterocycles. The zero-order valence-corrected chi connectivity index (χ0v) is 11.1. The van der Waals surface area contributed by atoms with Crippen LogP contribution in [0.4, 0.5) is 5.69 Å².